The summed E-state index contributed by atoms with van der Waals surface area (Å²) in [7, 11) is 1.64. The Kier molecular flexibility index (Phi) is 4.97. The molecule has 0 fully saturated rings. The molecule has 1 heterocycles. The van der Waals surface area contributed by atoms with E-state index in [4.69, 9.17) is 9.47 Å². The Balaban J connectivity index is 1.37. The van der Waals surface area contributed by atoms with Gasteiger partial charge in [-0.1, -0.05) is 42.5 Å². The number of nitrogens with one attached hydrogen (secondary N) is 1. The third kappa shape index (κ3) is 3.75. The van der Waals surface area contributed by atoms with Crippen molar-refractivity contribution in [1.82, 2.24) is 5.32 Å². The van der Waals surface area contributed by atoms with Crippen LogP contribution in [0.5, 0.6) is 11.5 Å². The normalized spacial score (nSPS) is 15.7. The van der Waals surface area contributed by atoms with Crippen molar-refractivity contribution in [3.8, 4) is 11.5 Å². The standard InChI is InChI=1S/C23H23NO3/c1-26-20-9-10-22-18(14-20)13-19(15-27-22)23(25)24-12-11-17-7-4-6-16-5-2-3-8-21(16)17/h2-10,14,19H,11-13,15H2,1H3,(H,24,25). The summed E-state index contributed by atoms with van der Waals surface area (Å²) in [6, 6.07) is 20.4. The Hall–Kier alpha value is -3.01. The number of fused-ring (bicyclic) bond motifs is 2. The Bertz CT molecular complexity index is 961. The number of hydrogen-bond donors (Lipinski definition) is 1. The second kappa shape index (κ2) is 7.70. The lowest BCUT2D eigenvalue weighted by Crippen LogP contribution is -2.38. The molecule has 138 valence electrons. The van der Waals surface area contributed by atoms with Gasteiger partial charge >= 0.3 is 0 Å². The van der Waals surface area contributed by atoms with E-state index in [0.29, 0.717) is 19.6 Å². The smallest absolute Gasteiger partial charge is 0.226 e. The molecule has 1 atom stereocenters. The molecule has 1 amide bonds. The van der Waals surface area contributed by atoms with Crippen molar-refractivity contribution in [2.24, 2.45) is 5.92 Å². The van der Waals surface area contributed by atoms with Crippen LogP contribution < -0.4 is 14.8 Å². The first-order valence-electron chi connectivity index (χ1n) is 9.28. The molecule has 4 rings (SSSR count). The fourth-order valence-corrected chi connectivity index (χ4v) is 3.64. The van der Waals surface area contributed by atoms with Crippen LogP contribution in [0.15, 0.2) is 60.7 Å². The number of carbonyl (C=O) groups excluding carboxylic acids is 1. The van der Waals surface area contributed by atoms with E-state index in [0.717, 1.165) is 23.5 Å². The minimum Gasteiger partial charge on any atom is -0.497 e. The van der Waals surface area contributed by atoms with E-state index in [2.05, 4.69) is 41.7 Å². The average molecular weight is 361 g/mol. The SMILES string of the molecule is COc1ccc2c(c1)CC(C(=O)NCCc1cccc3ccccc13)CO2. The van der Waals surface area contributed by atoms with E-state index < -0.39 is 0 Å². The summed E-state index contributed by atoms with van der Waals surface area (Å²) in [5.41, 5.74) is 2.28. The maximum absolute atomic E-state index is 12.6. The minimum atomic E-state index is -0.169. The Morgan fingerprint density at radius 2 is 2.00 bits per heavy atom. The maximum atomic E-state index is 12.6. The zero-order chi connectivity index (χ0) is 18.6. The third-order valence-electron chi connectivity index (χ3n) is 5.12. The predicted octanol–water partition coefficient (Wildman–Crippen LogP) is 3.76. The first kappa shape index (κ1) is 17.4. The Morgan fingerprint density at radius 1 is 1.15 bits per heavy atom. The molecule has 3 aromatic rings. The van der Waals surface area contributed by atoms with Crippen LogP contribution in [0.2, 0.25) is 0 Å². The van der Waals surface area contributed by atoms with Crippen LogP contribution in [0.3, 0.4) is 0 Å². The fourth-order valence-electron chi connectivity index (χ4n) is 3.64. The van der Waals surface area contributed by atoms with E-state index in [1.165, 1.54) is 16.3 Å². The molecule has 4 nitrogen and oxygen atoms in total. The van der Waals surface area contributed by atoms with Gasteiger partial charge in [-0.25, -0.2) is 0 Å². The second-order valence-electron chi connectivity index (χ2n) is 6.87. The van der Waals surface area contributed by atoms with Crippen LogP contribution in [0.1, 0.15) is 11.1 Å². The zero-order valence-corrected chi connectivity index (χ0v) is 15.4. The average Bonchev–Trinajstić information content (AvgIpc) is 2.73. The molecule has 0 saturated heterocycles. The molecule has 1 unspecified atom stereocenters. The zero-order valence-electron chi connectivity index (χ0n) is 15.4. The molecular formula is C23H23NO3. The Morgan fingerprint density at radius 3 is 2.89 bits per heavy atom. The molecule has 1 N–H and O–H groups in total. The van der Waals surface area contributed by atoms with Crippen molar-refractivity contribution in [1.29, 1.82) is 0 Å². The number of amides is 1. The van der Waals surface area contributed by atoms with Gasteiger partial charge < -0.3 is 14.8 Å². The fraction of sp³-hybridized carbons (Fsp3) is 0.261. The van der Waals surface area contributed by atoms with Gasteiger partial charge in [0.1, 0.15) is 18.1 Å². The van der Waals surface area contributed by atoms with E-state index in [1.54, 1.807) is 7.11 Å². The van der Waals surface area contributed by atoms with Gasteiger partial charge in [0, 0.05) is 6.54 Å². The molecule has 1 aliphatic heterocycles. The lowest BCUT2D eigenvalue weighted by molar-refractivity contribution is -0.126. The molecule has 0 bridgehead atoms. The highest BCUT2D eigenvalue weighted by atomic mass is 16.5. The number of ether oxygens (including phenoxy) is 2. The lowest BCUT2D eigenvalue weighted by Gasteiger charge is -2.25. The minimum absolute atomic E-state index is 0.0451. The number of rotatable bonds is 5. The van der Waals surface area contributed by atoms with Crippen molar-refractivity contribution >= 4 is 16.7 Å². The van der Waals surface area contributed by atoms with Crippen molar-refractivity contribution in [2.75, 3.05) is 20.3 Å². The van der Waals surface area contributed by atoms with Crippen LogP contribution in [0, 0.1) is 5.92 Å². The molecule has 27 heavy (non-hydrogen) atoms. The summed E-state index contributed by atoms with van der Waals surface area (Å²) in [5, 5.41) is 5.55. The monoisotopic (exact) mass is 361 g/mol. The molecular weight excluding hydrogens is 338 g/mol. The van der Waals surface area contributed by atoms with Gasteiger partial charge in [-0.05, 0) is 52.9 Å². The molecule has 4 heteroatoms. The van der Waals surface area contributed by atoms with Gasteiger partial charge in [-0.2, -0.15) is 0 Å². The second-order valence-corrected chi connectivity index (χ2v) is 6.87. The van der Waals surface area contributed by atoms with Gasteiger partial charge in [0.25, 0.3) is 0 Å². The summed E-state index contributed by atoms with van der Waals surface area (Å²) in [4.78, 5) is 12.6. The van der Waals surface area contributed by atoms with Gasteiger partial charge in [-0.15, -0.1) is 0 Å². The Labute approximate surface area is 159 Å². The summed E-state index contributed by atoms with van der Waals surface area (Å²) in [6.45, 7) is 1.04. The molecule has 0 aliphatic carbocycles. The number of carbonyl (C=O) groups is 1. The quantitative estimate of drug-likeness (QED) is 0.753. The predicted molar refractivity (Wildman–Crippen MR) is 106 cm³/mol. The molecule has 1 aliphatic rings. The van der Waals surface area contributed by atoms with Crippen molar-refractivity contribution in [2.45, 2.75) is 12.8 Å². The maximum Gasteiger partial charge on any atom is 0.226 e. The van der Waals surface area contributed by atoms with Crippen molar-refractivity contribution in [3.63, 3.8) is 0 Å². The van der Waals surface area contributed by atoms with Crippen LogP contribution in [-0.2, 0) is 17.6 Å². The van der Waals surface area contributed by atoms with Crippen molar-refractivity contribution in [3.05, 3.63) is 71.8 Å². The first-order chi connectivity index (χ1) is 13.2. The van der Waals surface area contributed by atoms with E-state index in [9.17, 15) is 4.79 Å². The summed E-state index contributed by atoms with van der Waals surface area (Å²) in [5.74, 6) is 1.51. The molecule has 0 saturated carbocycles. The van der Waals surface area contributed by atoms with Gasteiger partial charge in [-0.3, -0.25) is 4.79 Å². The number of hydrogen-bond acceptors (Lipinski definition) is 3. The van der Waals surface area contributed by atoms with E-state index >= 15 is 0 Å². The van der Waals surface area contributed by atoms with Crippen LogP contribution in [0.25, 0.3) is 10.8 Å². The van der Waals surface area contributed by atoms with Crippen LogP contribution in [0.4, 0.5) is 0 Å². The molecule has 0 radical (unpaired) electrons. The van der Waals surface area contributed by atoms with Crippen LogP contribution in [-0.4, -0.2) is 26.2 Å². The van der Waals surface area contributed by atoms with E-state index in [-0.39, 0.29) is 11.8 Å². The molecule has 0 aromatic heterocycles. The van der Waals surface area contributed by atoms with Crippen LogP contribution >= 0.6 is 0 Å². The summed E-state index contributed by atoms with van der Waals surface area (Å²) >= 11 is 0. The topological polar surface area (TPSA) is 47.6 Å². The van der Waals surface area contributed by atoms with Gasteiger partial charge in [0.05, 0.1) is 13.0 Å². The summed E-state index contributed by atoms with van der Waals surface area (Å²) < 4.78 is 11.0. The molecule has 0 spiro atoms. The highest BCUT2D eigenvalue weighted by Gasteiger charge is 2.26. The van der Waals surface area contributed by atoms with E-state index in [1.807, 2.05) is 24.3 Å². The van der Waals surface area contributed by atoms with Crippen molar-refractivity contribution < 1.29 is 14.3 Å². The summed E-state index contributed by atoms with van der Waals surface area (Å²) in [6.07, 6.45) is 1.48. The number of benzene rings is 3. The third-order valence-corrected chi connectivity index (χ3v) is 5.12. The number of methoxy groups -OCH3 is 1. The highest BCUT2D eigenvalue weighted by Crippen LogP contribution is 2.30. The van der Waals surface area contributed by atoms with Gasteiger partial charge in [0.15, 0.2) is 0 Å². The largest absolute Gasteiger partial charge is 0.497 e. The van der Waals surface area contributed by atoms with Gasteiger partial charge in [0.2, 0.25) is 5.91 Å². The lowest BCUT2D eigenvalue weighted by atomic mass is 9.95. The molecule has 3 aromatic carbocycles. The first-order valence-corrected chi connectivity index (χ1v) is 9.28. The highest BCUT2D eigenvalue weighted by molar-refractivity contribution is 5.85.